The Labute approximate surface area is 225 Å². The second-order valence-corrected chi connectivity index (χ2v) is 12.3. The third-order valence-corrected chi connectivity index (χ3v) is 10.7. The lowest BCUT2D eigenvalue weighted by Gasteiger charge is -2.39. The molecule has 2 bridgehead atoms. The summed E-state index contributed by atoms with van der Waals surface area (Å²) < 4.78 is 4.63. The fraction of sp³-hybridized carbons (Fsp3) is 0.519. The summed E-state index contributed by atoms with van der Waals surface area (Å²) in [7, 11) is 0. The third kappa shape index (κ3) is 4.43. The zero-order valence-electron chi connectivity index (χ0n) is 20.4. The van der Waals surface area contributed by atoms with E-state index in [1.807, 2.05) is 37.3 Å². The minimum atomic E-state index is -0.803. The number of carbonyl (C=O) groups is 3. The molecule has 3 saturated heterocycles. The average molecular weight is 578 g/mol. The van der Waals surface area contributed by atoms with Gasteiger partial charge in [0.25, 0.3) is 0 Å². The monoisotopic (exact) mass is 576 g/mol. The van der Waals surface area contributed by atoms with Crippen LogP contribution in [0, 0.1) is 11.8 Å². The molecule has 3 aliphatic rings. The zero-order valence-corrected chi connectivity index (χ0v) is 22.8. The summed E-state index contributed by atoms with van der Waals surface area (Å²) in [5, 5.41) is 10.0. The number of aliphatic hydroxyl groups excluding tert-OH is 1. The Morgan fingerprint density at radius 1 is 1.33 bits per heavy atom. The van der Waals surface area contributed by atoms with Crippen molar-refractivity contribution in [1.29, 1.82) is 0 Å². The molecule has 1 aromatic carbocycles. The highest BCUT2D eigenvalue weighted by Gasteiger charge is 2.76. The number of benzene rings is 1. The maximum absolute atomic E-state index is 14.4. The van der Waals surface area contributed by atoms with Crippen LogP contribution in [0.15, 0.2) is 55.6 Å². The molecule has 3 fully saturated rings. The number of esters is 1. The molecule has 0 saturated carbocycles. The Morgan fingerprint density at radius 2 is 2.06 bits per heavy atom. The van der Waals surface area contributed by atoms with Crippen molar-refractivity contribution in [3.8, 4) is 0 Å². The molecule has 3 unspecified atom stereocenters. The van der Waals surface area contributed by atoms with Crippen molar-refractivity contribution < 1.29 is 24.2 Å². The van der Waals surface area contributed by atoms with Crippen LogP contribution in [0.2, 0.25) is 0 Å². The fourth-order valence-corrected chi connectivity index (χ4v) is 9.61. The maximum Gasteiger partial charge on any atom is 0.311 e. The molecule has 7 nitrogen and oxygen atoms in total. The number of fused-ring (bicyclic) bond motifs is 1. The van der Waals surface area contributed by atoms with Crippen molar-refractivity contribution in [2.24, 2.45) is 11.8 Å². The molecule has 1 N–H and O–H groups in total. The molecule has 1 aromatic rings. The number of alkyl halides is 1. The molecule has 194 valence electrons. The van der Waals surface area contributed by atoms with Crippen LogP contribution in [-0.4, -0.2) is 79.4 Å². The van der Waals surface area contributed by atoms with Gasteiger partial charge < -0.3 is 19.6 Å². The minimum absolute atomic E-state index is 0.0424. The van der Waals surface area contributed by atoms with Crippen LogP contribution in [0.3, 0.4) is 0 Å². The highest BCUT2D eigenvalue weighted by Crippen LogP contribution is 2.68. The first-order chi connectivity index (χ1) is 17.3. The summed E-state index contributed by atoms with van der Waals surface area (Å²) in [5.41, 5.74) is 0.972. The second-order valence-electron chi connectivity index (χ2n) is 9.57. The predicted octanol–water partition coefficient (Wildman–Crippen LogP) is 3.17. The molecular weight excluding hydrogens is 544 g/mol. The normalized spacial score (nSPS) is 31.1. The topological polar surface area (TPSA) is 87.2 Å². The van der Waals surface area contributed by atoms with Gasteiger partial charge >= 0.3 is 5.97 Å². The van der Waals surface area contributed by atoms with Crippen LogP contribution in [0.5, 0.6) is 0 Å². The first-order valence-electron chi connectivity index (χ1n) is 12.3. The number of hydrogen-bond donors (Lipinski definition) is 1. The van der Waals surface area contributed by atoms with E-state index in [9.17, 15) is 19.5 Å². The first-order valence-corrected chi connectivity index (χ1v) is 14.1. The van der Waals surface area contributed by atoms with Crippen molar-refractivity contribution in [2.45, 2.75) is 53.2 Å². The SMILES string of the molecule is C=CCOC(=O)[C@H]1[C@@H]2SC3(CC2Br)C(C(=O)N(CC=C)Cc2ccccc2)N([C@@H](CC)CO)C(=O)[C@H]13. The summed E-state index contributed by atoms with van der Waals surface area (Å²) in [6, 6.07) is 8.37. The van der Waals surface area contributed by atoms with Crippen molar-refractivity contribution in [3.63, 3.8) is 0 Å². The third-order valence-electron chi connectivity index (χ3n) is 7.53. The summed E-state index contributed by atoms with van der Waals surface area (Å²) in [6.45, 7) is 9.85. The Kier molecular flexibility index (Phi) is 8.32. The number of amides is 2. The molecule has 4 rings (SSSR count). The van der Waals surface area contributed by atoms with Gasteiger partial charge in [-0.25, -0.2) is 0 Å². The van der Waals surface area contributed by atoms with Crippen LogP contribution in [-0.2, 0) is 25.7 Å². The van der Waals surface area contributed by atoms with Crippen LogP contribution in [0.25, 0.3) is 0 Å². The lowest BCUT2D eigenvalue weighted by molar-refractivity contribution is -0.153. The second kappa shape index (κ2) is 11.1. The molecule has 3 aliphatic heterocycles. The fourth-order valence-electron chi connectivity index (χ4n) is 6.03. The van der Waals surface area contributed by atoms with Crippen molar-refractivity contribution in [2.75, 3.05) is 19.8 Å². The zero-order chi connectivity index (χ0) is 26.0. The number of aliphatic hydroxyl groups is 1. The van der Waals surface area contributed by atoms with E-state index >= 15 is 0 Å². The van der Waals surface area contributed by atoms with Crippen LogP contribution in [0.1, 0.15) is 25.3 Å². The lowest BCUT2D eigenvalue weighted by atomic mass is 9.71. The standard InChI is InChI=1S/C27H33BrN2O5S/c1-4-12-29(15-17-10-8-7-9-11-17)25(33)23-27-14-19(28)22(36-27)20(26(34)35-13-5-2)21(27)24(32)30(23)18(6-3)16-31/h4-5,7-11,18-23,31H,1-2,6,12-16H2,3H3/t18-,19?,20+,21-,22+,23?,27?/m0/s1. The number of likely N-dealkylation sites (tertiary alicyclic amines) is 1. The molecule has 9 heteroatoms. The predicted molar refractivity (Wildman–Crippen MR) is 143 cm³/mol. The van der Waals surface area contributed by atoms with Crippen LogP contribution in [0.4, 0.5) is 0 Å². The summed E-state index contributed by atoms with van der Waals surface area (Å²) in [6.07, 6.45) is 4.26. The van der Waals surface area contributed by atoms with E-state index in [0.29, 0.717) is 25.9 Å². The van der Waals surface area contributed by atoms with Gasteiger partial charge in [-0.3, -0.25) is 14.4 Å². The van der Waals surface area contributed by atoms with Crippen LogP contribution < -0.4 is 0 Å². The molecule has 1 spiro atoms. The average Bonchev–Trinajstić information content (AvgIpc) is 3.47. The maximum atomic E-state index is 14.4. The van der Waals surface area contributed by atoms with Crippen molar-refractivity contribution >= 4 is 45.5 Å². The van der Waals surface area contributed by atoms with E-state index in [1.165, 1.54) is 6.08 Å². The Hall–Kier alpha value is -2.10. The lowest BCUT2D eigenvalue weighted by Crippen LogP contribution is -2.57. The van der Waals surface area contributed by atoms with Crippen molar-refractivity contribution in [1.82, 2.24) is 9.80 Å². The minimum Gasteiger partial charge on any atom is -0.461 e. The smallest absolute Gasteiger partial charge is 0.311 e. The van der Waals surface area contributed by atoms with Gasteiger partial charge in [-0.15, -0.1) is 18.3 Å². The van der Waals surface area contributed by atoms with Gasteiger partial charge in [-0.1, -0.05) is 71.9 Å². The van der Waals surface area contributed by atoms with E-state index in [1.54, 1.807) is 27.6 Å². The molecule has 0 aromatic heterocycles. The number of carbonyl (C=O) groups excluding carboxylic acids is 3. The van der Waals surface area contributed by atoms with Gasteiger partial charge in [0, 0.05) is 23.2 Å². The summed E-state index contributed by atoms with van der Waals surface area (Å²) >= 11 is 5.30. The highest BCUT2D eigenvalue weighted by atomic mass is 79.9. The number of rotatable bonds is 11. The van der Waals surface area contributed by atoms with E-state index in [2.05, 4.69) is 29.1 Å². The Morgan fingerprint density at radius 3 is 2.67 bits per heavy atom. The number of halogens is 1. The van der Waals surface area contributed by atoms with Gasteiger partial charge in [0.2, 0.25) is 11.8 Å². The number of ether oxygens (including phenoxy) is 1. The van der Waals surface area contributed by atoms with Gasteiger partial charge in [-0.2, -0.15) is 0 Å². The van der Waals surface area contributed by atoms with Crippen molar-refractivity contribution in [3.05, 3.63) is 61.2 Å². The Bertz CT molecular complexity index is 1020. The summed E-state index contributed by atoms with van der Waals surface area (Å²) in [4.78, 5) is 44.8. The summed E-state index contributed by atoms with van der Waals surface area (Å²) in [5.74, 6) is -2.22. The van der Waals surface area contributed by atoms with Gasteiger partial charge in [0.05, 0.1) is 29.2 Å². The molecule has 36 heavy (non-hydrogen) atoms. The van der Waals surface area contributed by atoms with Gasteiger partial charge in [-0.05, 0) is 18.4 Å². The largest absolute Gasteiger partial charge is 0.461 e. The van der Waals surface area contributed by atoms with E-state index < -0.39 is 34.6 Å². The molecule has 2 amide bonds. The quantitative estimate of drug-likeness (QED) is 0.247. The Balaban J connectivity index is 1.77. The molecule has 0 radical (unpaired) electrons. The molecular formula is C27H33BrN2O5S. The first kappa shape index (κ1) is 26.9. The van der Waals surface area contributed by atoms with E-state index in [4.69, 9.17) is 4.74 Å². The number of thioether (sulfide) groups is 1. The molecule has 7 atom stereocenters. The van der Waals surface area contributed by atoms with Crippen LogP contribution >= 0.6 is 27.7 Å². The van der Waals surface area contributed by atoms with Gasteiger partial charge in [0.15, 0.2) is 0 Å². The number of hydrogen-bond acceptors (Lipinski definition) is 6. The highest BCUT2D eigenvalue weighted by molar-refractivity contribution is 9.09. The van der Waals surface area contributed by atoms with E-state index in [-0.39, 0.29) is 35.1 Å². The molecule has 0 aliphatic carbocycles. The van der Waals surface area contributed by atoms with E-state index in [0.717, 1.165) is 5.56 Å². The van der Waals surface area contributed by atoms with Gasteiger partial charge in [0.1, 0.15) is 12.6 Å². The molecule has 3 heterocycles. The number of nitrogens with zero attached hydrogens (tertiary/aromatic N) is 2.